The Bertz CT molecular complexity index is 1190. The van der Waals surface area contributed by atoms with Gasteiger partial charge in [0.25, 0.3) is 5.56 Å². The van der Waals surface area contributed by atoms with Gasteiger partial charge < -0.3 is 35.9 Å². The number of rotatable bonds is 5. The van der Waals surface area contributed by atoms with Gasteiger partial charge in [0, 0.05) is 35.8 Å². The third kappa shape index (κ3) is 4.95. The second kappa shape index (κ2) is 9.89. The van der Waals surface area contributed by atoms with Crippen LogP contribution in [-0.2, 0) is 16.0 Å². The van der Waals surface area contributed by atoms with Gasteiger partial charge in [-0.1, -0.05) is 18.2 Å². The molecule has 0 unspecified atom stereocenters. The molecule has 172 valence electrons. The number of para-hydroxylation sites is 1. The minimum Gasteiger partial charge on any atom is -0.480 e. The molecule has 0 spiro atoms. The van der Waals surface area contributed by atoms with E-state index in [2.05, 4.69) is 4.98 Å². The summed E-state index contributed by atoms with van der Waals surface area (Å²) >= 11 is 0. The average Bonchev–Trinajstić information content (AvgIpc) is 3.30. The second-order valence-electron chi connectivity index (χ2n) is 7.25. The first-order valence-electron chi connectivity index (χ1n) is 9.70. The highest BCUT2D eigenvalue weighted by atomic mass is 16.6. The summed E-state index contributed by atoms with van der Waals surface area (Å²) in [5.74, 6) is -0.972. The monoisotopic (exact) mass is 448 g/mol. The van der Waals surface area contributed by atoms with Crippen LogP contribution in [0.4, 0.5) is 0 Å². The summed E-state index contributed by atoms with van der Waals surface area (Å²) in [6.07, 6.45) is -1.42. The minimum atomic E-state index is -1.35. The fraction of sp³-hybridized carbons (Fsp3) is 0.350. The summed E-state index contributed by atoms with van der Waals surface area (Å²) in [5.41, 5.74) is 6.11. The highest BCUT2D eigenvalue weighted by Crippen LogP contribution is 2.27. The zero-order chi connectivity index (χ0) is 23.4. The lowest BCUT2D eigenvalue weighted by Crippen LogP contribution is -2.37. The molecule has 0 radical (unpaired) electrons. The van der Waals surface area contributed by atoms with E-state index in [0.29, 0.717) is 6.42 Å². The van der Waals surface area contributed by atoms with E-state index in [1.54, 1.807) is 0 Å². The number of carboxylic acids is 1. The van der Waals surface area contributed by atoms with Crippen molar-refractivity contribution in [2.45, 2.75) is 37.0 Å². The number of hydrogen-bond acceptors (Lipinski definition) is 8. The van der Waals surface area contributed by atoms with Gasteiger partial charge in [0.15, 0.2) is 6.23 Å². The standard InChI is InChI=1S/C11H12N2O2.C9H12N2O6/c12-9(11(14)15)5-7-6-13-10-4-2-1-3-8(7)10;12-3-4-6(14)7(15)8(17-4)11-2-1-5(13)10-9(11)16/h1-4,6,9,13H,5,12H2,(H,14,15);1-2,4,6-8,12,14-15H,3H2,(H,10,13,16)/t9-;4-,6-,7-,8-/m01/s1. The van der Waals surface area contributed by atoms with Gasteiger partial charge in [0.1, 0.15) is 24.4 Å². The molecule has 2 aromatic heterocycles. The zero-order valence-electron chi connectivity index (χ0n) is 16.8. The number of hydrogen-bond donors (Lipinski definition) is 7. The molecule has 3 aromatic rings. The lowest BCUT2D eigenvalue weighted by molar-refractivity contribution is -0.138. The number of aromatic amines is 2. The summed E-state index contributed by atoms with van der Waals surface area (Å²) in [5, 5.41) is 37.8. The van der Waals surface area contributed by atoms with E-state index in [1.807, 2.05) is 35.4 Å². The molecule has 8 N–H and O–H groups in total. The molecule has 12 nitrogen and oxygen atoms in total. The summed E-state index contributed by atoms with van der Waals surface area (Å²) in [7, 11) is 0. The zero-order valence-corrected chi connectivity index (χ0v) is 16.8. The molecule has 12 heteroatoms. The number of carbonyl (C=O) groups is 1. The van der Waals surface area contributed by atoms with Crippen molar-refractivity contribution in [1.82, 2.24) is 14.5 Å². The van der Waals surface area contributed by atoms with Crippen molar-refractivity contribution in [3.8, 4) is 0 Å². The Hall–Kier alpha value is -3.29. The molecule has 1 saturated heterocycles. The number of aliphatic hydroxyl groups is 3. The van der Waals surface area contributed by atoms with Crippen LogP contribution in [0.5, 0.6) is 0 Å². The molecule has 1 fully saturated rings. The number of H-pyrrole nitrogens is 2. The van der Waals surface area contributed by atoms with Crippen LogP contribution in [0.2, 0.25) is 0 Å². The van der Waals surface area contributed by atoms with Crippen LogP contribution in [0.15, 0.2) is 52.3 Å². The van der Waals surface area contributed by atoms with Crippen molar-refractivity contribution in [1.29, 1.82) is 0 Å². The van der Waals surface area contributed by atoms with Crippen LogP contribution in [-0.4, -0.2) is 71.9 Å². The maximum Gasteiger partial charge on any atom is 0.330 e. The van der Waals surface area contributed by atoms with Gasteiger partial charge in [-0.25, -0.2) is 4.79 Å². The number of ether oxygens (including phenoxy) is 1. The summed E-state index contributed by atoms with van der Waals surface area (Å²) < 4.78 is 6.08. The quantitative estimate of drug-likeness (QED) is 0.236. The van der Waals surface area contributed by atoms with E-state index < -0.39 is 54.4 Å². The first-order chi connectivity index (χ1) is 15.2. The molecule has 3 heterocycles. The summed E-state index contributed by atoms with van der Waals surface area (Å²) in [6, 6.07) is 8.01. The SMILES string of the molecule is N[C@@H](Cc1c[nH]c2ccccc12)C(=O)O.O=c1ccn([C@@H]2O[C@H](CO)[C@@H](O)[C@H]2O)c(=O)[nH]1. The number of benzene rings is 1. The second-order valence-corrected chi connectivity index (χ2v) is 7.25. The van der Waals surface area contributed by atoms with Crippen molar-refractivity contribution in [2.24, 2.45) is 5.73 Å². The molecule has 32 heavy (non-hydrogen) atoms. The molecule has 1 aromatic carbocycles. The Morgan fingerprint density at radius 1 is 1.19 bits per heavy atom. The first kappa shape index (κ1) is 23.4. The van der Waals surface area contributed by atoms with E-state index in [1.165, 1.54) is 0 Å². The van der Waals surface area contributed by atoms with Crippen molar-refractivity contribution >= 4 is 16.9 Å². The number of carboxylic acid groups (broad SMARTS) is 1. The topological polar surface area (TPSA) is 204 Å². The van der Waals surface area contributed by atoms with Crippen LogP contribution in [0.1, 0.15) is 11.8 Å². The van der Waals surface area contributed by atoms with Gasteiger partial charge >= 0.3 is 11.7 Å². The van der Waals surface area contributed by atoms with Gasteiger partial charge in [-0.3, -0.25) is 19.1 Å². The first-order valence-corrected chi connectivity index (χ1v) is 9.70. The van der Waals surface area contributed by atoms with Crippen LogP contribution in [0.25, 0.3) is 10.9 Å². The molecule has 4 rings (SSSR count). The molecule has 1 aliphatic rings. The molecule has 5 atom stereocenters. The van der Waals surface area contributed by atoms with E-state index >= 15 is 0 Å². The van der Waals surface area contributed by atoms with Crippen LogP contribution in [0.3, 0.4) is 0 Å². The fourth-order valence-electron chi connectivity index (χ4n) is 3.36. The molecular formula is C20H24N4O8. The highest BCUT2D eigenvalue weighted by molar-refractivity contribution is 5.84. The molecule has 0 amide bonds. The Morgan fingerprint density at radius 2 is 1.91 bits per heavy atom. The van der Waals surface area contributed by atoms with E-state index in [-0.39, 0.29) is 0 Å². The van der Waals surface area contributed by atoms with Crippen LogP contribution in [0, 0.1) is 0 Å². The van der Waals surface area contributed by atoms with E-state index in [9.17, 15) is 24.6 Å². The smallest absolute Gasteiger partial charge is 0.330 e. The Kier molecular flexibility index (Phi) is 7.22. The Labute approximate surface area is 180 Å². The largest absolute Gasteiger partial charge is 0.480 e. The molecule has 0 saturated carbocycles. The van der Waals surface area contributed by atoms with E-state index in [4.69, 9.17) is 20.7 Å². The number of aliphatic carboxylic acids is 1. The number of aromatic nitrogens is 3. The van der Waals surface area contributed by atoms with Crippen molar-refractivity contribution in [3.63, 3.8) is 0 Å². The lowest BCUT2D eigenvalue weighted by atomic mass is 10.1. The maximum atomic E-state index is 11.4. The number of fused-ring (bicyclic) bond motifs is 1. The number of nitrogens with two attached hydrogens (primary N) is 1. The minimum absolute atomic E-state index is 0.347. The molecular weight excluding hydrogens is 424 g/mol. The molecule has 0 aliphatic carbocycles. The van der Waals surface area contributed by atoms with Gasteiger partial charge in [-0.2, -0.15) is 0 Å². The Morgan fingerprint density at radius 3 is 2.53 bits per heavy atom. The van der Waals surface area contributed by atoms with Crippen molar-refractivity contribution in [3.05, 3.63) is 69.1 Å². The van der Waals surface area contributed by atoms with Gasteiger partial charge in [-0.15, -0.1) is 0 Å². The number of nitrogens with zero attached hydrogens (tertiary/aromatic N) is 1. The lowest BCUT2D eigenvalue weighted by Gasteiger charge is -2.16. The molecule has 0 bridgehead atoms. The van der Waals surface area contributed by atoms with Gasteiger partial charge in [0.2, 0.25) is 0 Å². The third-order valence-electron chi connectivity index (χ3n) is 5.07. The van der Waals surface area contributed by atoms with Crippen molar-refractivity contribution < 1.29 is 30.0 Å². The van der Waals surface area contributed by atoms with Gasteiger partial charge in [-0.05, 0) is 11.6 Å². The maximum absolute atomic E-state index is 11.4. The van der Waals surface area contributed by atoms with Gasteiger partial charge in [0.05, 0.1) is 6.61 Å². The fourth-order valence-corrected chi connectivity index (χ4v) is 3.36. The number of nitrogens with one attached hydrogen (secondary N) is 2. The van der Waals surface area contributed by atoms with Crippen LogP contribution < -0.4 is 17.0 Å². The number of aliphatic hydroxyl groups excluding tert-OH is 3. The predicted octanol–water partition coefficient (Wildman–Crippen LogP) is -1.73. The summed E-state index contributed by atoms with van der Waals surface area (Å²) in [6.45, 7) is -0.479. The normalized spacial score (nSPS) is 23.5. The van der Waals surface area contributed by atoms with E-state index in [0.717, 1.165) is 33.3 Å². The van der Waals surface area contributed by atoms with Crippen molar-refractivity contribution in [2.75, 3.05) is 6.61 Å². The molecule has 1 aliphatic heterocycles. The predicted molar refractivity (Wildman–Crippen MR) is 112 cm³/mol. The average molecular weight is 448 g/mol. The highest BCUT2D eigenvalue weighted by Gasteiger charge is 2.43. The summed E-state index contributed by atoms with van der Waals surface area (Å²) in [4.78, 5) is 38.0. The van der Waals surface area contributed by atoms with Crippen LogP contribution >= 0.6 is 0 Å². The third-order valence-corrected chi connectivity index (χ3v) is 5.07. The Balaban J connectivity index is 0.000000182.